The molecule has 2 aromatic carbocycles. The van der Waals surface area contributed by atoms with Crippen molar-refractivity contribution in [2.75, 3.05) is 13.6 Å². The molecule has 2 fully saturated rings. The molecular formula is C27H34N2O2. The van der Waals surface area contributed by atoms with Crippen LogP contribution < -0.4 is 0 Å². The van der Waals surface area contributed by atoms with Crippen molar-refractivity contribution in [1.29, 1.82) is 0 Å². The van der Waals surface area contributed by atoms with Gasteiger partial charge in [0.15, 0.2) is 0 Å². The van der Waals surface area contributed by atoms with E-state index in [2.05, 4.69) is 25.7 Å². The minimum absolute atomic E-state index is 0.0894. The zero-order valence-corrected chi connectivity index (χ0v) is 19.2. The summed E-state index contributed by atoms with van der Waals surface area (Å²) in [5.74, 6) is 0.234. The molecule has 1 saturated heterocycles. The minimum Gasteiger partial charge on any atom is -0.341 e. The molecule has 31 heavy (non-hydrogen) atoms. The normalized spacial score (nSPS) is 24.1. The van der Waals surface area contributed by atoms with Crippen molar-refractivity contribution in [3.63, 3.8) is 0 Å². The zero-order chi connectivity index (χ0) is 22.2. The van der Waals surface area contributed by atoms with E-state index < -0.39 is 0 Å². The fourth-order valence-electron chi connectivity index (χ4n) is 5.88. The van der Waals surface area contributed by atoms with E-state index in [0.29, 0.717) is 24.4 Å². The van der Waals surface area contributed by atoms with Crippen LogP contribution in [0.3, 0.4) is 0 Å². The monoisotopic (exact) mass is 418 g/mol. The van der Waals surface area contributed by atoms with Gasteiger partial charge < -0.3 is 9.80 Å². The number of hydrogen-bond acceptors (Lipinski definition) is 2. The summed E-state index contributed by atoms with van der Waals surface area (Å²) in [6.45, 7) is 8.39. The number of benzene rings is 2. The first kappa shape index (κ1) is 21.6. The molecule has 0 aromatic heterocycles. The van der Waals surface area contributed by atoms with E-state index in [0.717, 1.165) is 36.1 Å². The predicted molar refractivity (Wildman–Crippen MR) is 124 cm³/mol. The summed E-state index contributed by atoms with van der Waals surface area (Å²) in [6.07, 6.45) is 3.79. The van der Waals surface area contributed by atoms with Gasteiger partial charge >= 0.3 is 0 Å². The topological polar surface area (TPSA) is 40.6 Å². The largest absolute Gasteiger partial charge is 0.341 e. The molecule has 0 spiro atoms. The van der Waals surface area contributed by atoms with Gasteiger partial charge in [0, 0.05) is 31.7 Å². The lowest BCUT2D eigenvalue weighted by Crippen LogP contribution is -2.37. The van der Waals surface area contributed by atoms with Crippen molar-refractivity contribution < 1.29 is 9.59 Å². The third-order valence-corrected chi connectivity index (χ3v) is 6.92. The molecule has 1 aliphatic heterocycles. The van der Waals surface area contributed by atoms with Crippen molar-refractivity contribution in [3.8, 4) is 0 Å². The van der Waals surface area contributed by atoms with E-state index in [1.807, 2.05) is 61.6 Å². The number of likely N-dealkylation sites (N-methyl/N-ethyl adjacent to an activating group) is 1. The molecule has 2 atom stereocenters. The van der Waals surface area contributed by atoms with Gasteiger partial charge in [-0.15, -0.1) is 0 Å². The summed E-state index contributed by atoms with van der Waals surface area (Å²) >= 11 is 0. The molecule has 2 aliphatic rings. The Bertz CT molecular complexity index is 951. The molecule has 0 N–H and O–H groups in total. The van der Waals surface area contributed by atoms with Gasteiger partial charge in [-0.3, -0.25) is 9.59 Å². The van der Waals surface area contributed by atoms with Crippen LogP contribution in [0.15, 0.2) is 54.6 Å². The van der Waals surface area contributed by atoms with E-state index in [-0.39, 0.29) is 17.2 Å². The Labute approximate surface area is 186 Å². The first-order valence-corrected chi connectivity index (χ1v) is 11.3. The maximum Gasteiger partial charge on any atom is 0.254 e. The Morgan fingerprint density at radius 3 is 2.32 bits per heavy atom. The summed E-state index contributed by atoms with van der Waals surface area (Å²) < 4.78 is 0. The second-order valence-corrected chi connectivity index (χ2v) is 10.8. The number of fused-ring (bicyclic) bond motifs is 2. The van der Waals surface area contributed by atoms with Crippen molar-refractivity contribution >= 4 is 11.8 Å². The number of hydrogen-bond donors (Lipinski definition) is 0. The summed E-state index contributed by atoms with van der Waals surface area (Å²) in [7, 11) is 1.83. The van der Waals surface area contributed by atoms with Gasteiger partial charge in [0.05, 0.1) is 6.42 Å². The Hall–Kier alpha value is -2.62. The Morgan fingerprint density at radius 2 is 1.65 bits per heavy atom. The predicted octanol–water partition coefficient (Wildman–Crippen LogP) is 4.93. The smallest absolute Gasteiger partial charge is 0.254 e. The first-order valence-electron chi connectivity index (χ1n) is 11.3. The Kier molecular flexibility index (Phi) is 5.67. The summed E-state index contributed by atoms with van der Waals surface area (Å²) in [6, 6.07) is 18.0. The fourth-order valence-corrected chi connectivity index (χ4v) is 5.88. The number of amides is 2. The molecular weight excluding hydrogens is 384 g/mol. The third-order valence-electron chi connectivity index (χ3n) is 6.92. The lowest BCUT2D eigenvalue weighted by Gasteiger charge is -2.39. The molecule has 1 aliphatic carbocycles. The molecule has 2 bridgehead atoms. The van der Waals surface area contributed by atoms with Gasteiger partial charge in [0.1, 0.15) is 0 Å². The van der Waals surface area contributed by atoms with Gasteiger partial charge in [-0.1, -0.05) is 63.2 Å². The summed E-state index contributed by atoms with van der Waals surface area (Å²) in [4.78, 5) is 29.6. The number of carbonyl (C=O) groups is 2. The number of likely N-dealkylation sites (tertiary alicyclic amines) is 1. The highest BCUT2D eigenvalue weighted by Gasteiger charge is 2.50. The molecule has 1 saturated carbocycles. The van der Waals surface area contributed by atoms with Gasteiger partial charge in [0.2, 0.25) is 5.91 Å². The highest BCUT2D eigenvalue weighted by atomic mass is 16.2. The quantitative estimate of drug-likeness (QED) is 0.691. The van der Waals surface area contributed by atoms with E-state index in [4.69, 9.17) is 0 Å². The van der Waals surface area contributed by atoms with Crippen LogP contribution in [-0.4, -0.2) is 41.2 Å². The lowest BCUT2D eigenvalue weighted by molar-refractivity contribution is -0.129. The SMILES string of the molecule is CN(Cc1ccc(C(=O)N2CC3(C)CC2CC(C)(C)C3)cc1)C(=O)Cc1ccccc1. The molecule has 0 radical (unpaired) electrons. The van der Waals surface area contributed by atoms with Gasteiger partial charge in [-0.2, -0.15) is 0 Å². The molecule has 4 heteroatoms. The van der Waals surface area contributed by atoms with Gasteiger partial charge in [-0.25, -0.2) is 0 Å². The van der Waals surface area contributed by atoms with Crippen molar-refractivity contribution in [1.82, 2.24) is 9.80 Å². The maximum atomic E-state index is 13.2. The van der Waals surface area contributed by atoms with Crippen LogP contribution in [0.4, 0.5) is 0 Å². The van der Waals surface area contributed by atoms with Crippen LogP contribution in [0.25, 0.3) is 0 Å². The molecule has 4 nitrogen and oxygen atoms in total. The summed E-state index contributed by atoms with van der Waals surface area (Å²) in [5.41, 5.74) is 3.34. The number of rotatable bonds is 5. The zero-order valence-electron chi connectivity index (χ0n) is 19.2. The number of carbonyl (C=O) groups excluding carboxylic acids is 2. The second-order valence-electron chi connectivity index (χ2n) is 10.8. The van der Waals surface area contributed by atoms with Crippen molar-refractivity contribution in [2.45, 2.75) is 59.0 Å². The highest BCUT2D eigenvalue weighted by molar-refractivity contribution is 5.94. The van der Waals surface area contributed by atoms with Crippen LogP contribution in [0.2, 0.25) is 0 Å². The van der Waals surface area contributed by atoms with E-state index in [1.54, 1.807) is 4.90 Å². The van der Waals surface area contributed by atoms with Crippen molar-refractivity contribution in [3.05, 3.63) is 71.3 Å². The van der Waals surface area contributed by atoms with Gasteiger partial charge in [0.25, 0.3) is 5.91 Å². The first-order chi connectivity index (χ1) is 14.6. The van der Waals surface area contributed by atoms with Crippen LogP contribution in [0.1, 0.15) is 61.5 Å². The molecule has 2 amide bonds. The maximum absolute atomic E-state index is 13.2. The van der Waals surface area contributed by atoms with Gasteiger partial charge in [-0.05, 0) is 53.4 Å². The average molecular weight is 419 g/mol. The molecule has 2 aromatic rings. The van der Waals surface area contributed by atoms with E-state index in [1.165, 1.54) is 6.42 Å². The van der Waals surface area contributed by atoms with E-state index >= 15 is 0 Å². The van der Waals surface area contributed by atoms with Crippen molar-refractivity contribution in [2.24, 2.45) is 10.8 Å². The Morgan fingerprint density at radius 1 is 0.968 bits per heavy atom. The molecule has 4 rings (SSSR count). The van der Waals surface area contributed by atoms with Crippen LogP contribution in [-0.2, 0) is 17.8 Å². The van der Waals surface area contributed by atoms with Crippen LogP contribution >= 0.6 is 0 Å². The van der Waals surface area contributed by atoms with Crippen LogP contribution in [0, 0.1) is 10.8 Å². The second kappa shape index (κ2) is 8.14. The highest BCUT2D eigenvalue weighted by Crippen LogP contribution is 2.52. The minimum atomic E-state index is 0.0894. The van der Waals surface area contributed by atoms with Crippen LogP contribution in [0.5, 0.6) is 0 Å². The molecule has 1 heterocycles. The van der Waals surface area contributed by atoms with E-state index in [9.17, 15) is 9.59 Å². The standard InChI is InChI=1S/C27H34N2O2/c1-26(2)15-23-16-27(3,18-26)19-29(23)25(31)22-12-10-21(11-13-22)17-28(4)24(30)14-20-8-6-5-7-9-20/h5-13,23H,14-19H2,1-4H3. The molecule has 2 unspecified atom stereocenters. The third kappa shape index (κ3) is 4.84. The Balaban J connectivity index is 1.38. The average Bonchev–Trinajstić information content (AvgIpc) is 2.97. The summed E-state index contributed by atoms with van der Waals surface area (Å²) in [5, 5.41) is 0. The lowest BCUT2D eigenvalue weighted by atomic mass is 9.65. The number of nitrogens with zero attached hydrogens (tertiary/aromatic N) is 2. The molecule has 164 valence electrons. The fraction of sp³-hybridized carbons (Fsp3) is 0.481.